The third kappa shape index (κ3) is 7.89. The molecule has 0 saturated carbocycles. The number of carbonyl (C=O) groups excluding carboxylic acids is 3. The number of likely N-dealkylation sites (tertiary alicyclic amines) is 1. The zero-order chi connectivity index (χ0) is 23.0. The average molecular weight is 433 g/mol. The van der Waals surface area contributed by atoms with Crippen molar-refractivity contribution in [1.29, 1.82) is 0 Å². The van der Waals surface area contributed by atoms with Crippen molar-refractivity contribution in [3.63, 3.8) is 0 Å². The summed E-state index contributed by atoms with van der Waals surface area (Å²) in [5, 5.41) is 2.95. The molecule has 0 bridgehead atoms. The van der Waals surface area contributed by atoms with Crippen LogP contribution in [0.15, 0.2) is 18.2 Å². The number of piperidine rings is 1. The van der Waals surface area contributed by atoms with E-state index in [9.17, 15) is 14.4 Å². The van der Waals surface area contributed by atoms with Crippen molar-refractivity contribution in [2.75, 3.05) is 26.3 Å². The Kier molecular flexibility index (Phi) is 8.89. The van der Waals surface area contributed by atoms with Crippen molar-refractivity contribution >= 4 is 17.8 Å². The number of esters is 1. The van der Waals surface area contributed by atoms with E-state index in [2.05, 4.69) is 32.2 Å². The van der Waals surface area contributed by atoms with Crippen molar-refractivity contribution in [3.8, 4) is 5.75 Å². The molecule has 0 aliphatic carbocycles. The first-order chi connectivity index (χ1) is 14.6. The number of benzene rings is 1. The Hall–Kier alpha value is -2.57. The van der Waals surface area contributed by atoms with Crippen molar-refractivity contribution in [2.24, 2.45) is 0 Å². The third-order valence-corrected chi connectivity index (χ3v) is 5.37. The summed E-state index contributed by atoms with van der Waals surface area (Å²) < 4.78 is 10.7. The van der Waals surface area contributed by atoms with Gasteiger partial charge in [0.15, 0.2) is 6.61 Å². The highest BCUT2D eigenvalue weighted by molar-refractivity contribution is 5.81. The molecule has 0 radical (unpaired) electrons. The minimum atomic E-state index is -0.360. The van der Waals surface area contributed by atoms with E-state index in [1.807, 2.05) is 19.1 Å². The Balaban J connectivity index is 1.78. The Morgan fingerprint density at radius 3 is 2.42 bits per heavy atom. The molecule has 1 fully saturated rings. The number of aryl methyl sites for hydroxylation is 1. The van der Waals surface area contributed by atoms with E-state index in [-0.39, 0.29) is 48.7 Å². The van der Waals surface area contributed by atoms with Gasteiger partial charge in [0.1, 0.15) is 5.75 Å². The van der Waals surface area contributed by atoms with Crippen LogP contribution in [0, 0.1) is 6.92 Å². The van der Waals surface area contributed by atoms with Gasteiger partial charge in [-0.05, 0) is 43.7 Å². The fraction of sp³-hybridized carbons (Fsp3) is 0.625. The van der Waals surface area contributed by atoms with Crippen LogP contribution in [-0.2, 0) is 24.5 Å². The molecule has 31 heavy (non-hydrogen) atoms. The van der Waals surface area contributed by atoms with Gasteiger partial charge in [-0.15, -0.1) is 0 Å². The van der Waals surface area contributed by atoms with Crippen LogP contribution in [0.1, 0.15) is 64.5 Å². The van der Waals surface area contributed by atoms with E-state index in [0.29, 0.717) is 32.5 Å². The fourth-order valence-electron chi connectivity index (χ4n) is 3.61. The quantitative estimate of drug-likeness (QED) is 0.638. The maximum atomic E-state index is 12.6. The number of carbonyl (C=O) groups is 3. The Morgan fingerprint density at radius 2 is 1.81 bits per heavy atom. The van der Waals surface area contributed by atoms with Crippen LogP contribution in [0.4, 0.5) is 0 Å². The first-order valence-corrected chi connectivity index (χ1v) is 11.1. The number of hydrogen-bond donors (Lipinski definition) is 1. The van der Waals surface area contributed by atoms with E-state index < -0.39 is 0 Å². The SMILES string of the molecule is CCOC(=O)CCC(=O)NC1CCN(C(=O)COc2ccc(C)cc2C(C)(C)C)CC1. The molecule has 0 atom stereocenters. The summed E-state index contributed by atoms with van der Waals surface area (Å²) in [6, 6.07) is 6.05. The van der Waals surface area contributed by atoms with Crippen molar-refractivity contribution in [2.45, 2.75) is 71.8 Å². The van der Waals surface area contributed by atoms with E-state index in [1.54, 1.807) is 11.8 Å². The van der Waals surface area contributed by atoms with Crippen molar-refractivity contribution in [1.82, 2.24) is 10.2 Å². The number of hydrogen-bond acceptors (Lipinski definition) is 5. The smallest absolute Gasteiger partial charge is 0.306 e. The summed E-state index contributed by atoms with van der Waals surface area (Å²) in [6.07, 6.45) is 1.59. The van der Waals surface area contributed by atoms with Crippen LogP contribution in [-0.4, -0.2) is 55.0 Å². The van der Waals surface area contributed by atoms with Crippen LogP contribution >= 0.6 is 0 Å². The van der Waals surface area contributed by atoms with E-state index in [0.717, 1.165) is 16.9 Å². The van der Waals surface area contributed by atoms with Crippen LogP contribution in [0.3, 0.4) is 0 Å². The van der Waals surface area contributed by atoms with Crippen molar-refractivity contribution in [3.05, 3.63) is 29.3 Å². The van der Waals surface area contributed by atoms with Crippen molar-refractivity contribution < 1.29 is 23.9 Å². The molecule has 1 aliphatic rings. The average Bonchev–Trinajstić information content (AvgIpc) is 2.71. The number of nitrogens with zero attached hydrogens (tertiary/aromatic N) is 1. The number of ether oxygens (including phenoxy) is 2. The first-order valence-electron chi connectivity index (χ1n) is 11.1. The van der Waals surface area contributed by atoms with Crippen LogP contribution in [0.5, 0.6) is 5.75 Å². The number of nitrogens with one attached hydrogen (secondary N) is 1. The molecule has 172 valence electrons. The second kappa shape index (κ2) is 11.2. The second-order valence-corrected chi connectivity index (χ2v) is 9.07. The minimum absolute atomic E-state index is 0.00269. The Bertz CT molecular complexity index is 777. The molecule has 7 nitrogen and oxygen atoms in total. The maximum Gasteiger partial charge on any atom is 0.306 e. The first kappa shape index (κ1) is 24.7. The zero-order valence-electron chi connectivity index (χ0n) is 19.5. The standard InChI is InChI=1S/C24H36N2O5/c1-6-30-23(29)10-9-21(27)25-18-11-13-26(14-12-18)22(28)16-31-20-8-7-17(2)15-19(20)24(3,4)5/h7-8,15,18H,6,9-14,16H2,1-5H3,(H,25,27). The summed E-state index contributed by atoms with van der Waals surface area (Å²) in [6.45, 7) is 11.6. The zero-order valence-corrected chi connectivity index (χ0v) is 19.5. The van der Waals surface area contributed by atoms with Crippen LogP contribution < -0.4 is 10.1 Å². The van der Waals surface area contributed by atoms with Gasteiger partial charge in [-0.1, -0.05) is 38.5 Å². The molecule has 2 rings (SSSR count). The normalized spacial score (nSPS) is 14.8. The molecule has 1 saturated heterocycles. The van der Waals surface area contributed by atoms with Gasteiger partial charge in [-0.25, -0.2) is 0 Å². The lowest BCUT2D eigenvalue weighted by Crippen LogP contribution is -2.47. The molecule has 1 aliphatic heterocycles. The maximum absolute atomic E-state index is 12.6. The summed E-state index contributed by atoms with van der Waals surface area (Å²) in [5.41, 5.74) is 2.17. The molecule has 0 spiro atoms. The molecule has 0 aromatic heterocycles. The molecule has 2 amide bonds. The number of amides is 2. The molecule has 1 N–H and O–H groups in total. The molecule has 1 heterocycles. The van der Waals surface area contributed by atoms with Gasteiger partial charge in [0.25, 0.3) is 5.91 Å². The second-order valence-electron chi connectivity index (χ2n) is 9.07. The molecular weight excluding hydrogens is 396 g/mol. The van der Waals surface area contributed by atoms with Crippen LogP contribution in [0.2, 0.25) is 0 Å². The largest absolute Gasteiger partial charge is 0.483 e. The van der Waals surface area contributed by atoms with Gasteiger partial charge in [-0.3, -0.25) is 14.4 Å². The summed E-state index contributed by atoms with van der Waals surface area (Å²) in [4.78, 5) is 37.8. The van der Waals surface area contributed by atoms with Gasteiger partial charge < -0.3 is 19.7 Å². The predicted molar refractivity (Wildman–Crippen MR) is 119 cm³/mol. The summed E-state index contributed by atoms with van der Waals surface area (Å²) in [7, 11) is 0. The summed E-state index contributed by atoms with van der Waals surface area (Å²) >= 11 is 0. The lowest BCUT2D eigenvalue weighted by molar-refractivity contribution is -0.144. The predicted octanol–water partition coefficient (Wildman–Crippen LogP) is 3.12. The van der Waals surface area contributed by atoms with Gasteiger partial charge in [0.05, 0.1) is 13.0 Å². The fourth-order valence-corrected chi connectivity index (χ4v) is 3.61. The molecular formula is C24H36N2O5. The lowest BCUT2D eigenvalue weighted by Gasteiger charge is -2.32. The lowest BCUT2D eigenvalue weighted by atomic mass is 9.85. The van der Waals surface area contributed by atoms with E-state index >= 15 is 0 Å². The molecule has 0 unspecified atom stereocenters. The highest BCUT2D eigenvalue weighted by atomic mass is 16.5. The third-order valence-electron chi connectivity index (χ3n) is 5.37. The van der Waals surface area contributed by atoms with E-state index in [4.69, 9.17) is 9.47 Å². The summed E-state index contributed by atoms with van der Waals surface area (Å²) in [5.74, 6) is 0.180. The molecule has 1 aromatic rings. The molecule has 1 aromatic carbocycles. The molecule has 7 heteroatoms. The van der Waals surface area contributed by atoms with Gasteiger partial charge in [0.2, 0.25) is 5.91 Å². The van der Waals surface area contributed by atoms with Gasteiger partial charge in [0, 0.05) is 25.6 Å². The number of rotatable bonds is 8. The van der Waals surface area contributed by atoms with Crippen LogP contribution in [0.25, 0.3) is 0 Å². The minimum Gasteiger partial charge on any atom is -0.483 e. The van der Waals surface area contributed by atoms with Gasteiger partial charge in [-0.2, -0.15) is 0 Å². The monoisotopic (exact) mass is 432 g/mol. The Labute approximate surface area is 185 Å². The highest BCUT2D eigenvalue weighted by Crippen LogP contribution is 2.32. The Morgan fingerprint density at radius 1 is 1.13 bits per heavy atom. The highest BCUT2D eigenvalue weighted by Gasteiger charge is 2.25. The topological polar surface area (TPSA) is 84.9 Å². The van der Waals surface area contributed by atoms with Gasteiger partial charge >= 0.3 is 5.97 Å². The van der Waals surface area contributed by atoms with E-state index in [1.165, 1.54) is 0 Å².